The number of hydrogen-bond donors (Lipinski definition) is 1. The molecule has 0 fully saturated rings. The molecule has 0 bridgehead atoms. The first-order chi connectivity index (χ1) is 7.95. The predicted octanol–water partition coefficient (Wildman–Crippen LogP) is 2.82. The fourth-order valence-electron chi connectivity index (χ4n) is 1.95. The normalized spacial score (nSPS) is 11.6. The van der Waals surface area contributed by atoms with Crippen molar-refractivity contribution in [3.63, 3.8) is 0 Å². The van der Waals surface area contributed by atoms with E-state index < -0.39 is 6.04 Å². The SMILES string of the molecule is CCCC(N)C(=O)N(C)c1cc(C)cc(C)c1.Cl. The Morgan fingerprint density at radius 1 is 1.28 bits per heavy atom. The number of rotatable bonds is 4. The van der Waals surface area contributed by atoms with E-state index in [-0.39, 0.29) is 18.3 Å². The van der Waals surface area contributed by atoms with E-state index in [1.165, 1.54) is 0 Å². The van der Waals surface area contributed by atoms with Gasteiger partial charge in [0.2, 0.25) is 5.91 Å². The van der Waals surface area contributed by atoms with Crippen LogP contribution in [0.2, 0.25) is 0 Å². The highest BCUT2D eigenvalue weighted by molar-refractivity contribution is 5.96. The Hall–Kier alpha value is -1.06. The number of halogens is 1. The fraction of sp³-hybridized carbons (Fsp3) is 0.500. The molecule has 3 nitrogen and oxygen atoms in total. The Labute approximate surface area is 116 Å². The summed E-state index contributed by atoms with van der Waals surface area (Å²) in [5.41, 5.74) is 9.08. The van der Waals surface area contributed by atoms with Gasteiger partial charge in [-0.15, -0.1) is 12.4 Å². The number of hydrogen-bond acceptors (Lipinski definition) is 2. The number of likely N-dealkylation sites (N-methyl/N-ethyl adjacent to an activating group) is 1. The summed E-state index contributed by atoms with van der Waals surface area (Å²) in [6.45, 7) is 6.09. The van der Waals surface area contributed by atoms with Gasteiger partial charge in [-0.1, -0.05) is 19.4 Å². The zero-order chi connectivity index (χ0) is 13.0. The molecule has 0 heterocycles. The molecule has 1 rings (SSSR count). The summed E-state index contributed by atoms with van der Waals surface area (Å²) in [5.74, 6) is -0.0168. The van der Waals surface area contributed by atoms with Gasteiger partial charge >= 0.3 is 0 Å². The van der Waals surface area contributed by atoms with E-state index in [1.807, 2.05) is 32.9 Å². The minimum Gasteiger partial charge on any atom is -0.320 e. The molecule has 1 unspecified atom stereocenters. The second-order valence-electron chi connectivity index (χ2n) is 4.64. The van der Waals surface area contributed by atoms with E-state index in [2.05, 4.69) is 6.07 Å². The summed E-state index contributed by atoms with van der Waals surface area (Å²) < 4.78 is 0. The van der Waals surface area contributed by atoms with Crippen LogP contribution in [-0.4, -0.2) is 19.0 Å². The average Bonchev–Trinajstić information content (AvgIpc) is 2.26. The lowest BCUT2D eigenvalue weighted by Crippen LogP contribution is -2.41. The van der Waals surface area contributed by atoms with Gasteiger partial charge in [0.15, 0.2) is 0 Å². The Kier molecular flexibility index (Phi) is 6.96. The molecule has 0 saturated carbocycles. The summed E-state index contributed by atoms with van der Waals surface area (Å²) in [6.07, 6.45) is 1.65. The molecule has 0 aliphatic rings. The molecule has 2 N–H and O–H groups in total. The van der Waals surface area contributed by atoms with Crippen LogP contribution in [0.25, 0.3) is 0 Å². The standard InChI is InChI=1S/C14H22N2O.ClH/c1-5-6-13(15)14(17)16(4)12-8-10(2)7-11(3)9-12;/h7-9,13H,5-6,15H2,1-4H3;1H. The maximum Gasteiger partial charge on any atom is 0.243 e. The molecule has 18 heavy (non-hydrogen) atoms. The minimum absolute atomic E-state index is 0. The first kappa shape index (κ1) is 16.9. The van der Waals surface area contributed by atoms with E-state index in [1.54, 1.807) is 11.9 Å². The first-order valence-corrected chi connectivity index (χ1v) is 6.07. The number of anilines is 1. The molecule has 1 aromatic carbocycles. The van der Waals surface area contributed by atoms with Crippen molar-refractivity contribution in [3.8, 4) is 0 Å². The van der Waals surface area contributed by atoms with Crippen molar-refractivity contribution in [2.24, 2.45) is 5.73 Å². The molecule has 0 aliphatic heterocycles. The molecular weight excluding hydrogens is 248 g/mol. The van der Waals surface area contributed by atoms with E-state index in [4.69, 9.17) is 5.73 Å². The van der Waals surface area contributed by atoms with Gasteiger partial charge in [-0.3, -0.25) is 4.79 Å². The molecule has 1 amide bonds. The third-order valence-corrected chi connectivity index (χ3v) is 2.84. The highest BCUT2D eigenvalue weighted by Crippen LogP contribution is 2.18. The first-order valence-electron chi connectivity index (χ1n) is 6.07. The third-order valence-electron chi connectivity index (χ3n) is 2.84. The number of benzene rings is 1. The van der Waals surface area contributed by atoms with Crippen LogP contribution >= 0.6 is 12.4 Å². The minimum atomic E-state index is -0.397. The van der Waals surface area contributed by atoms with Gasteiger partial charge in [0.25, 0.3) is 0 Å². The molecular formula is C14H23ClN2O. The van der Waals surface area contributed by atoms with Gasteiger partial charge in [0, 0.05) is 12.7 Å². The molecule has 4 heteroatoms. The highest BCUT2D eigenvalue weighted by Gasteiger charge is 2.18. The Morgan fingerprint density at radius 3 is 2.22 bits per heavy atom. The second kappa shape index (κ2) is 7.39. The fourth-order valence-corrected chi connectivity index (χ4v) is 1.95. The maximum absolute atomic E-state index is 12.1. The van der Waals surface area contributed by atoms with Crippen LogP contribution in [0.1, 0.15) is 30.9 Å². The second-order valence-corrected chi connectivity index (χ2v) is 4.64. The Morgan fingerprint density at radius 2 is 1.78 bits per heavy atom. The van der Waals surface area contributed by atoms with Crippen molar-refractivity contribution in [1.82, 2.24) is 0 Å². The summed E-state index contributed by atoms with van der Waals surface area (Å²) in [4.78, 5) is 13.7. The van der Waals surface area contributed by atoms with Gasteiger partial charge in [-0.25, -0.2) is 0 Å². The van der Waals surface area contributed by atoms with Crippen LogP contribution in [0.15, 0.2) is 18.2 Å². The maximum atomic E-state index is 12.1. The van der Waals surface area contributed by atoms with Crippen LogP contribution in [0.4, 0.5) is 5.69 Å². The molecule has 0 spiro atoms. The molecule has 0 aliphatic carbocycles. The summed E-state index contributed by atoms with van der Waals surface area (Å²) in [7, 11) is 1.78. The van der Waals surface area contributed by atoms with Crippen LogP contribution in [-0.2, 0) is 4.79 Å². The van der Waals surface area contributed by atoms with Crippen LogP contribution in [0, 0.1) is 13.8 Å². The van der Waals surface area contributed by atoms with Gasteiger partial charge < -0.3 is 10.6 Å². The van der Waals surface area contributed by atoms with Gasteiger partial charge in [0.1, 0.15) is 0 Å². The topological polar surface area (TPSA) is 46.3 Å². The van der Waals surface area contributed by atoms with Crippen molar-refractivity contribution in [2.75, 3.05) is 11.9 Å². The monoisotopic (exact) mass is 270 g/mol. The molecule has 0 aromatic heterocycles. The highest BCUT2D eigenvalue weighted by atomic mass is 35.5. The van der Waals surface area contributed by atoms with E-state index in [0.29, 0.717) is 0 Å². The lowest BCUT2D eigenvalue weighted by molar-refractivity contribution is -0.119. The van der Waals surface area contributed by atoms with Gasteiger partial charge in [-0.05, 0) is 43.5 Å². The third kappa shape index (κ3) is 4.31. The van der Waals surface area contributed by atoms with Gasteiger partial charge in [-0.2, -0.15) is 0 Å². The smallest absolute Gasteiger partial charge is 0.243 e. The summed E-state index contributed by atoms with van der Waals surface area (Å²) >= 11 is 0. The Balaban J connectivity index is 0.00000289. The zero-order valence-corrected chi connectivity index (χ0v) is 12.4. The molecule has 1 atom stereocenters. The number of carbonyl (C=O) groups is 1. The average molecular weight is 271 g/mol. The number of nitrogens with two attached hydrogens (primary N) is 1. The largest absolute Gasteiger partial charge is 0.320 e. The van der Waals surface area contributed by atoms with Crippen molar-refractivity contribution >= 4 is 24.0 Å². The zero-order valence-electron chi connectivity index (χ0n) is 11.6. The number of nitrogens with zero attached hydrogens (tertiary/aromatic N) is 1. The van der Waals surface area contributed by atoms with E-state index in [0.717, 1.165) is 29.7 Å². The van der Waals surface area contributed by atoms with Gasteiger partial charge in [0.05, 0.1) is 6.04 Å². The number of carbonyl (C=O) groups excluding carboxylic acids is 1. The number of amides is 1. The van der Waals surface area contributed by atoms with E-state index in [9.17, 15) is 4.79 Å². The van der Waals surface area contributed by atoms with Crippen molar-refractivity contribution in [3.05, 3.63) is 29.3 Å². The predicted molar refractivity (Wildman–Crippen MR) is 79.5 cm³/mol. The van der Waals surface area contributed by atoms with Crippen LogP contribution in [0.5, 0.6) is 0 Å². The van der Waals surface area contributed by atoms with E-state index >= 15 is 0 Å². The molecule has 102 valence electrons. The van der Waals surface area contributed by atoms with Crippen molar-refractivity contribution in [2.45, 2.75) is 39.7 Å². The lowest BCUT2D eigenvalue weighted by atomic mass is 10.1. The molecule has 0 radical (unpaired) electrons. The van der Waals surface area contributed by atoms with Crippen molar-refractivity contribution in [1.29, 1.82) is 0 Å². The summed E-state index contributed by atoms with van der Waals surface area (Å²) in [5, 5.41) is 0. The lowest BCUT2D eigenvalue weighted by Gasteiger charge is -2.22. The van der Waals surface area contributed by atoms with Crippen molar-refractivity contribution < 1.29 is 4.79 Å². The molecule has 0 saturated heterocycles. The Bertz CT molecular complexity index is 387. The number of aryl methyl sites for hydroxylation is 2. The molecule has 1 aromatic rings. The quantitative estimate of drug-likeness (QED) is 0.915. The van der Waals surface area contributed by atoms with Crippen LogP contribution in [0.3, 0.4) is 0 Å². The summed E-state index contributed by atoms with van der Waals surface area (Å²) in [6, 6.07) is 5.70. The van der Waals surface area contributed by atoms with Crippen LogP contribution < -0.4 is 10.6 Å².